The molecule has 3 heteroatoms. The molecule has 0 amide bonds. The average molecular weight is 327 g/mol. The predicted molar refractivity (Wildman–Crippen MR) is 101 cm³/mol. The van der Waals surface area contributed by atoms with Crippen LogP contribution in [-0.2, 0) is 6.54 Å². The van der Waals surface area contributed by atoms with Crippen molar-refractivity contribution in [1.29, 1.82) is 0 Å². The molecule has 0 saturated heterocycles. The van der Waals surface area contributed by atoms with E-state index in [1.54, 1.807) is 0 Å². The molecular weight excluding hydrogens is 298 g/mol. The number of ether oxygens (including phenoxy) is 2. The van der Waals surface area contributed by atoms with Gasteiger partial charge in [-0.3, -0.25) is 0 Å². The van der Waals surface area contributed by atoms with Crippen molar-refractivity contribution in [3.63, 3.8) is 0 Å². The minimum absolute atomic E-state index is 0.250. The maximum absolute atomic E-state index is 5.79. The van der Waals surface area contributed by atoms with Crippen LogP contribution in [0.4, 0.5) is 5.69 Å². The molecule has 0 fully saturated rings. The van der Waals surface area contributed by atoms with Crippen molar-refractivity contribution >= 4 is 5.69 Å². The Morgan fingerprint density at radius 3 is 2.08 bits per heavy atom. The van der Waals surface area contributed by atoms with E-state index in [1.807, 2.05) is 24.3 Å². The number of benzene rings is 2. The van der Waals surface area contributed by atoms with E-state index in [1.165, 1.54) is 5.56 Å². The van der Waals surface area contributed by atoms with Crippen LogP contribution in [0.5, 0.6) is 11.5 Å². The Morgan fingerprint density at radius 1 is 0.875 bits per heavy atom. The van der Waals surface area contributed by atoms with Gasteiger partial charge < -0.3 is 14.8 Å². The number of nitrogens with one attached hydrogen (secondary N) is 1. The van der Waals surface area contributed by atoms with Gasteiger partial charge in [-0.15, -0.1) is 0 Å². The van der Waals surface area contributed by atoms with Gasteiger partial charge in [0.15, 0.2) is 0 Å². The third kappa shape index (κ3) is 6.15. The molecule has 0 aromatic heterocycles. The third-order valence-corrected chi connectivity index (χ3v) is 3.77. The van der Waals surface area contributed by atoms with E-state index in [2.05, 4.69) is 57.3 Å². The van der Waals surface area contributed by atoms with E-state index in [4.69, 9.17) is 9.47 Å². The molecule has 130 valence electrons. The van der Waals surface area contributed by atoms with Gasteiger partial charge in [0, 0.05) is 12.2 Å². The molecule has 0 heterocycles. The maximum atomic E-state index is 5.79. The molecule has 2 aromatic carbocycles. The molecule has 0 radical (unpaired) electrons. The molecule has 3 nitrogen and oxygen atoms in total. The Kier molecular flexibility index (Phi) is 6.98. The van der Waals surface area contributed by atoms with Crippen molar-refractivity contribution in [2.75, 3.05) is 11.9 Å². The van der Waals surface area contributed by atoms with Crippen LogP contribution in [0.15, 0.2) is 48.5 Å². The fourth-order valence-electron chi connectivity index (χ4n) is 2.14. The van der Waals surface area contributed by atoms with E-state index >= 15 is 0 Å². The topological polar surface area (TPSA) is 30.5 Å². The molecule has 0 spiro atoms. The van der Waals surface area contributed by atoms with Crippen LogP contribution >= 0.6 is 0 Å². The zero-order valence-electron chi connectivity index (χ0n) is 15.2. The summed E-state index contributed by atoms with van der Waals surface area (Å²) in [6.07, 6.45) is 1.26. The molecule has 2 rings (SSSR count). The molecule has 0 unspecified atom stereocenters. The lowest BCUT2D eigenvalue weighted by Crippen LogP contribution is -2.09. The molecular formula is C21H29NO2. The number of hydrogen-bond donors (Lipinski definition) is 1. The first-order valence-electron chi connectivity index (χ1n) is 8.79. The van der Waals surface area contributed by atoms with Gasteiger partial charge in [0.1, 0.15) is 11.5 Å². The van der Waals surface area contributed by atoms with Crippen LogP contribution in [-0.4, -0.2) is 12.7 Å². The summed E-state index contributed by atoms with van der Waals surface area (Å²) in [5.74, 6) is 2.39. The van der Waals surface area contributed by atoms with Crippen LogP contribution in [0.1, 0.15) is 39.7 Å². The van der Waals surface area contributed by atoms with Crippen LogP contribution in [0.3, 0.4) is 0 Å². The minimum atomic E-state index is 0.250. The van der Waals surface area contributed by atoms with E-state index in [9.17, 15) is 0 Å². The van der Waals surface area contributed by atoms with Gasteiger partial charge in [-0.25, -0.2) is 0 Å². The molecule has 0 aliphatic heterocycles. The summed E-state index contributed by atoms with van der Waals surface area (Å²) in [6.45, 7) is 10.0. The van der Waals surface area contributed by atoms with Crippen molar-refractivity contribution in [2.24, 2.45) is 5.92 Å². The molecule has 2 aromatic rings. The van der Waals surface area contributed by atoms with Crippen molar-refractivity contribution < 1.29 is 9.47 Å². The highest BCUT2D eigenvalue weighted by atomic mass is 16.5. The average Bonchev–Trinajstić information content (AvgIpc) is 2.60. The highest BCUT2D eigenvalue weighted by Gasteiger charge is 2.02. The first kappa shape index (κ1) is 18.2. The fraction of sp³-hybridized carbons (Fsp3) is 0.429. The van der Waals surface area contributed by atoms with E-state index in [-0.39, 0.29) is 6.10 Å². The summed E-state index contributed by atoms with van der Waals surface area (Å²) < 4.78 is 11.5. The Balaban J connectivity index is 1.82. The largest absolute Gasteiger partial charge is 0.493 e. The molecule has 1 atom stereocenters. The molecule has 0 aliphatic rings. The van der Waals surface area contributed by atoms with Gasteiger partial charge >= 0.3 is 0 Å². The molecule has 0 saturated carbocycles. The van der Waals surface area contributed by atoms with Crippen LogP contribution in [0, 0.1) is 5.92 Å². The van der Waals surface area contributed by atoms with Crippen LogP contribution in [0.25, 0.3) is 0 Å². The minimum Gasteiger partial charge on any atom is -0.493 e. The smallest absolute Gasteiger partial charge is 0.119 e. The second kappa shape index (κ2) is 9.21. The Hall–Kier alpha value is -2.16. The van der Waals surface area contributed by atoms with Gasteiger partial charge in [0.2, 0.25) is 0 Å². The zero-order chi connectivity index (χ0) is 17.4. The highest BCUT2D eigenvalue weighted by molar-refractivity contribution is 5.47. The summed E-state index contributed by atoms with van der Waals surface area (Å²) in [6, 6.07) is 16.4. The predicted octanol–water partition coefficient (Wildman–Crippen LogP) is 5.51. The summed E-state index contributed by atoms with van der Waals surface area (Å²) in [7, 11) is 0. The summed E-state index contributed by atoms with van der Waals surface area (Å²) in [5.41, 5.74) is 2.32. The maximum Gasteiger partial charge on any atom is 0.119 e. The second-order valence-electron chi connectivity index (χ2n) is 6.56. The molecule has 0 bridgehead atoms. The quantitative estimate of drug-likeness (QED) is 0.658. The lowest BCUT2D eigenvalue weighted by atomic mass is 10.2. The van der Waals surface area contributed by atoms with Crippen molar-refractivity contribution in [3.8, 4) is 11.5 Å². The van der Waals surface area contributed by atoms with Gasteiger partial charge in [0.05, 0.1) is 12.7 Å². The van der Waals surface area contributed by atoms with Crippen LogP contribution < -0.4 is 14.8 Å². The van der Waals surface area contributed by atoms with Gasteiger partial charge in [-0.1, -0.05) is 32.9 Å². The SMILES string of the molecule is CC[C@H](C)Oc1ccc(NCc2ccc(OCC(C)C)cc2)cc1. The van der Waals surface area contributed by atoms with E-state index in [0.29, 0.717) is 5.92 Å². The highest BCUT2D eigenvalue weighted by Crippen LogP contribution is 2.19. The van der Waals surface area contributed by atoms with Gasteiger partial charge in [-0.05, 0) is 61.2 Å². The fourth-order valence-corrected chi connectivity index (χ4v) is 2.14. The van der Waals surface area contributed by atoms with Gasteiger partial charge in [-0.2, -0.15) is 0 Å². The Bertz CT molecular complexity index is 590. The number of anilines is 1. The second-order valence-corrected chi connectivity index (χ2v) is 6.56. The van der Waals surface area contributed by atoms with Crippen molar-refractivity contribution in [2.45, 2.75) is 46.8 Å². The Morgan fingerprint density at radius 2 is 1.50 bits per heavy atom. The molecule has 1 N–H and O–H groups in total. The van der Waals surface area contributed by atoms with Gasteiger partial charge in [0.25, 0.3) is 0 Å². The summed E-state index contributed by atoms with van der Waals surface area (Å²) in [5, 5.41) is 3.43. The standard InChI is InChI=1S/C21H29NO2/c1-5-17(4)24-21-12-8-19(9-13-21)22-14-18-6-10-20(11-7-18)23-15-16(2)3/h6-13,16-17,22H,5,14-15H2,1-4H3/t17-/m0/s1. The zero-order valence-corrected chi connectivity index (χ0v) is 15.2. The van der Waals surface area contributed by atoms with E-state index in [0.717, 1.165) is 36.8 Å². The van der Waals surface area contributed by atoms with Crippen LogP contribution in [0.2, 0.25) is 0 Å². The lowest BCUT2D eigenvalue weighted by molar-refractivity contribution is 0.217. The van der Waals surface area contributed by atoms with Crippen molar-refractivity contribution in [1.82, 2.24) is 0 Å². The molecule has 0 aliphatic carbocycles. The lowest BCUT2D eigenvalue weighted by Gasteiger charge is -2.13. The number of rotatable bonds is 9. The molecule has 24 heavy (non-hydrogen) atoms. The monoisotopic (exact) mass is 327 g/mol. The summed E-state index contributed by atoms with van der Waals surface area (Å²) in [4.78, 5) is 0. The number of hydrogen-bond acceptors (Lipinski definition) is 3. The Labute approximate surface area is 146 Å². The normalized spacial score (nSPS) is 12.0. The first-order valence-corrected chi connectivity index (χ1v) is 8.79. The first-order chi connectivity index (χ1) is 11.6. The third-order valence-electron chi connectivity index (χ3n) is 3.77. The van der Waals surface area contributed by atoms with Crippen molar-refractivity contribution in [3.05, 3.63) is 54.1 Å². The van der Waals surface area contributed by atoms with E-state index < -0.39 is 0 Å². The summed E-state index contributed by atoms with van der Waals surface area (Å²) >= 11 is 0.